The number of benzene rings is 1. The van der Waals surface area contributed by atoms with E-state index in [0.717, 1.165) is 4.90 Å². The van der Waals surface area contributed by atoms with Gasteiger partial charge in [-0.1, -0.05) is 18.2 Å². The van der Waals surface area contributed by atoms with Crippen LogP contribution in [0.2, 0.25) is 0 Å². The molecule has 0 saturated heterocycles. The van der Waals surface area contributed by atoms with E-state index in [4.69, 9.17) is 6.92 Å². The van der Waals surface area contributed by atoms with Gasteiger partial charge in [-0.25, -0.2) is 0 Å². The lowest BCUT2D eigenvalue weighted by molar-refractivity contribution is -0.112. The SMILES string of the molecule is [CH]C(=O)CSc1ccccc1. The van der Waals surface area contributed by atoms with E-state index in [1.165, 1.54) is 11.8 Å². The summed E-state index contributed by atoms with van der Waals surface area (Å²) in [6, 6.07) is 9.71. The number of Topliss-reactive ketones (excluding diaryl/α,β-unsaturated/α-hetero) is 1. The minimum absolute atomic E-state index is 0.279. The van der Waals surface area contributed by atoms with Crippen molar-refractivity contribution in [1.29, 1.82) is 0 Å². The first-order chi connectivity index (χ1) is 5.29. The van der Waals surface area contributed by atoms with E-state index in [-0.39, 0.29) is 5.78 Å². The Hall–Kier alpha value is -0.760. The van der Waals surface area contributed by atoms with Gasteiger partial charge in [0.15, 0.2) is 0 Å². The Morgan fingerprint density at radius 1 is 1.36 bits per heavy atom. The summed E-state index contributed by atoms with van der Waals surface area (Å²) < 4.78 is 0. The third-order valence-electron chi connectivity index (χ3n) is 1.12. The van der Waals surface area contributed by atoms with E-state index in [1.807, 2.05) is 30.3 Å². The van der Waals surface area contributed by atoms with E-state index in [9.17, 15) is 4.79 Å². The molecule has 0 aliphatic carbocycles. The molecule has 0 unspecified atom stereocenters. The van der Waals surface area contributed by atoms with Gasteiger partial charge in [-0.2, -0.15) is 0 Å². The monoisotopic (exact) mass is 164 g/mol. The molecule has 11 heavy (non-hydrogen) atoms. The largest absolute Gasteiger partial charge is 0.298 e. The van der Waals surface area contributed by atoms with Crippen molar-refractivity contribution in [3.8, 4) is 0 Å². The first-order valence-corrected chi connectivity index (χ1v) is 4.24. The smallest absolute Gasteiger partial charge is 0.147 e. The molecule has 1 rings (SSSR count). The van der Waals surface area contributed by atoms with Crippen molar-refractivity contribution in [3.05, 3.63) is 37.3 Å². The number of hydrogen-bond acceptors (Lipinski definition) is 2. The summed E-state index contributed by atoms with van der Waals surface area (Å²) in [5, 5.41) is 0. The van der Waals surface area contributed by atoms with Gasteiger partial charge in [-0.3, -0.25) is 4.79 Å². The van der Waals surface area contributed by atoms with E-state index in [1.54, 1.807) is 0 Å². The van der Waals surface area contributed by atoms with Crippen molar-refractivity contribution in [2.24, 2.45) is 0 Å². The van der Waals surface area contributed by atoms with Crippen LogP contribution in [-0.4, -0.2) is 11.5 Å². The summed E-state index contributed by atoms with van der Waals surface area (Å²) in [5.74, 6) is 0.0724. The zero-order valence-corrected chi connectivity index (χ0v) is 6.80. The Labute approximate surface area is 70.8 Å². The van der Waals surface area contributed by atoms with Gasteiger partial charge in [-0.15, -0.1) is 11.8 Å². The highest BCUT2D eigenvalue weighted by molar-refractivity contribution is 8.00. The van der Waals surface area contributed by atoms with Crippen LogP contribution in [0.1, 0.15) is 0 Å². The molecular weight excluding hydrogens is 156 g/mol. The Morgan fingerprint density at radius 2 is 2.00 bits per heavy atom. The summed E-state index contributed by atoms with van der Waals surface area (Å²) in [6.07, 6.45) is 0. The lowest BCUT2D eigenvalue weighted by atomic mass is 10.4. The molecule has 2 heteroatoms. The minimum Gasteiger partial charge on any atom is -0.298 e. The maximum absolute atomic E-state index is 10.4. The third kappa shape index (κ3) is 3.23. The summed E-state index contributed by atoms with van der Waals surface area (Å²) >= 11 is 1.45. The Kier molecular flexibility index (Phi) is 3.17. The van der Waals surface area contributed by atoms with Gasteiger partial charge < -0.3 is 0 Å². The lowest BCUT2D eigenvalue weighted by Crippen LogP contribution is -1.92. The highest BCUT2D eigenvalue weighted by Crippen LogP contribution is 2.16. The maximum Gasteiger partial charge on any atom is 0.147 e. The third-order valence-corrected chi connectivity index (χ3v) is 2.16. The number of carbonyl (C=O) groups is 1. The molecule has 1 nitrogen and oxygen atoms in total. The molecule has 0 aromatic heterocycles. The van der Waals surface area contributed by atoms with Crippen molar-refractivity contribution in [3.63, 3.8) is 0 Å². The van der Waals surface area contributed by atoms with E-state index in [2.05, 4.69) is 0 Å². The van der Waals surface area contributed by atoms with Crippen LogP contribution in [0.4, 0.5) is 0 Å². The van der Waals surface area contributed by atoms with Crippen LogP contribution in [0.15, 0.2) is 35.2 Å². The summed E-state index contributed by atoms with van der Waals surface area (Å²) in [4.78, 5) is 11.4. The average Bonchev–Trinajstić information content (AvgIpc) is 2.03. The first-order valence-electron chi connectivity index (χ1n) is 3.25. The fourth-order valence-corrected chi connectivity index (χ4v) is 1.33. The molecule has 0 aliphatic rings. The number of ketones is 1. The zero-order valence-electron chi connectivity index (χ0n) is 5.99. The average molecular weight is 164 g/mol. The summed E-state index contributed by atoms with van der Waals surface area (Å²) in [7, 11) is 0. The molecule has 0 amide bonds. The normalized spacial score (nSPS) is 9.55. The van der Waals surface area contributed by atoms with Gasteiger partial charge >= 0.3 is 0 Å². The van der Waals surface area contributed by atoms with Crippen molar-refractivity contribution in [2.45, 2.75) is 4.90 Å². The Balaban J connectivity index is 2.45. The summed E-state index contributed by atoms with van der Waals surface area (Å²) in [6.45, 7) is 4.98. The molecule has 56 valence electrons. The molecule has 0 N–H and O–H groups in total. The highest BCUT2D eigenvalue weighted by Gasteiger charge is 1.94. The highest BCUT2D eigenvalue weighted by atomic mass is 32.2. The molecule has 0 heterocycles. The topological polar surface area (TPSA) is 17.1 Å². The van der Waals surface area contributed by atoms with Crippen LogP contribution in [0.5, 0.6) is 0 Å². The second kappa shape index (κ2) is 4.19. The zero-order chi connectivity index (χ0) is 8.10. The molecule has 1 aromatic rings. The molecule has 0 fully saturated rings. The second-order valence-corrected chi connectivity index (χ2v) is 3.12. The van der Waals surface area contributed by atoms with Crippen LogP contribution in [-0.2, 0) is 4.79 Å². The molecule has 2 radical (unpaired) electrons. The fraction of sp³-hybridized carbons (Fsp3) is 0.111. The predicted octanol–water partition coefficient (Wildman–Crippen LogP) is 2.06. The van der Waals surface area contributed by atoms with Gasteiger partial charge in [0, 0.05) is 11.8 Å². The molecule has 0 saturated carbocycles. The van der Waals surface area contributed by atoms with Crippen molar-refractivity contribution in [1.82, 2.24) is 0 Å². The Morgan fingerprint density at radius 3 is 2.55 bits per heavy atom. The van der Waals surface area contributed by atoms with Crippen LogP contribution >= 0.6 is 11.8 Å². The minimum atomic E-state index is -0.279. The quantitative estimate of drug-likeness (QED) is 0.636. The van der Waals surface area contributed by atoms with Crippen molar-refractivity contribution < 1.29 is 4.79 Å². The lowest BCUT2D eigenvalue weighted by Gasteiger charge is -1.95. The number of thioether (sulfide) groups is 1. The van der Waals surface area contributed by atoms with Crippen LogP contribution < -0.4 is 0 Å². The standard InChI is InChI=1S/C9H8OS/c1-8(10)7-11-9-5-3-2-4-6-9/h1-6H,7H2. The molecule has 0 aliphatic heterocycles. The Bertz CT molecular complexity index is 231. The molecule has 0 spiro atoms. The molecule has 0 bridgehead atoms. The van der Waals surface area contributed by atoms with Gasteiger partial charge in [0.1, 0.15) is 5.78 Å². The van der Waals surface area contributed by atoms with Crippen LogP contribution in [0, 0.1) is 6.92 Å². The van der Waals surface area contributed by atoms with Crippen LogP contribution in [0.25, 0.3) is 0 Å². The number of rotatable bonds is 3. The van der Waals surface area contributed by atoms with Gasteiger partial charge in [0.25, 0.3) is 0 Å². The van der Waals surface area contributed by atoms with E-state index in [0.29, 0.717) is 5.75 Å². The van der Waals surface area contributed by atoms with Gasteiger partial charge in [0.2, 0.25) is 0 Å². The summed E-state index contributed by atoms with van der Waals surface area (Å²) in [5.41, 5.74) is 0. The number of hydrogen-bond donors (Lipinski definition) is 0. The van der Waals surface area contributed by atoms with Gasteiger partial charge in [-0.05, 0) is 12.1 Å². The van der Waals surface area contributed by atoms with Crippen molar-refractivity contribution >= 4 is 17.5 Å². The van der Waals surface area contributed by atoms with Crippen molar-refractivity contribution in [2.75, 3.05) is 5.75 Å². The molecule has 0 atom stereocenters. The van der Waals surface area contributed by atoms with E-state index < -0.39 is 0 Å². The fourth-order valence-electron chi connectivity index (χ4n) is 0.671. The predicted molar refractivity (Wildman–Crippen MR) is 46.5 cm³/mol. The van der Waals surface area contributed by atoms with Gasteiger partial charge in [0.05, 0.1) is 5.75 Å². The maximum atomic E-state index is 10.4. The molecular formula is C9H8OS. The van der Waals surface area contributed by atoms with E-state index >= 15 is 0 Å². The van der Waals surface area contributed by atoms with Crippen LogP contribution in [0.3, 0.4) is 0 Å². The molecule has 1 aromatic carbocycles. The second-order valence-electron chi connectivity index (χ2n) is 2.07. The number of carbonyl (C=O) groups excluding carboxylic acids is 1. The first kappa shape index (κ1) is 8.34.